The van der Waals surface area contributed by atoms with E-state index in [0.29, 0.717) is 17.4 Å². The van der Waals surface area contributed by atoms with Gasteiger partial charge < -0.3 is 14.8 Å². The van der Waals surface area contributed by atoms with E-state index in [2.05, 4.69) is 19.2 Å². The molecule has 2 rings (SSSR count). The highest BCUT2D eigenvalue weighted by Gasteiger charge is 2.18. The number of hydrogen-bond acceptors (Lipinski definition) is 5. The van der Waals surface area contributed by atoms with Gasteiger partial charge in [-0.3, -0.25) is 4.79 Å². The number of nitrogens with zero attached hydrogens (tertiary/aromatic N) is 1. The summed E-state index contributed by atoms with van der Waals surface area (Å²) in [5, 5.41) is 13.7. The molecule has 1 amide bonds. The van der Waals surface area contributed by atoms with Crippen molar-refractivity contribution >= 4 is 23.3 Å². The molecule has 0 saturated carbocycles. The highest BCUT2D eigenvalue weighted by atomic mass is 32.1. The van der Waals surface area contributed by atoms with Crippen molar-refractivity contribution in [3.8, 4) is 17.6 Å². The van der Waals surface area contributed by atoms with E-state index in [4.69, 9.17) is 14.7 Å². The van der Waals surface area contributed by atoms with Crippen LogP contribution in [0.25, 0.3) is 6.08 Å². The standard InChI is InChI=1S/C20H22N2O3S/c1-14(2)20(18-5-4-12-26-18)22-19(23)9-7-15-6-8-16(25-11-10-21)17(13-15)24-3/h4-9,12-14,20H,11H2,1-3H3,(H,22,23)/b9-7+/t20-/m1/s1. The van der Waals surface area contributed by atoms with Crippen LogP contribution in [0.2, 0.25) is 0 Å². The highest BCUT2D eigenvalue weighted by molar-refractivity contribution is 7.10. The lowest BCUT2D eigenvalue weighted by molar-refractivity contribution is -0.117. The van der Waals surface area contributed by atoms with E-state index in [1.165, 1.54) is 13.2 Å². The van der Waals surface area contributed by atoms with Crippen molar-refractivity contribution in [3.05, 3.63) is 52.2 Å². The number of nitriles is 1. The van der Waals surface area contributed by atoms with Crippen LogP contribution in [0.5, 0.6) is 11.5 Å². The molecule has 0 saturated heterocycles. The average Bonchev–Trinajstić information content (AvgIpc) is 3.17. The Bertz CT molecular complexity index is 792. The summed E-state index contributed by atoms with van der Waals surface area (Å²) in [6.07, 6.45) is 3.23. The normalized spacial score (nSPS) is 12.0. The number of thiophene rings is 1. The van der Waals surface area contributed by atoms with Gasteiger partial charge in [-0.15, -0.1) is 11.3 Å². The Hall–Kier alpha value is -2.78. The minimum Gasteiger partial charge on any atom is -0.493 e. The van der Waals surface area contributed by atoms with Gasteiger partial charge in [-0.05, 0) is 41.1 Å². The summed E-state index contributed by atoms with van der Waals surface area (Å²) in [5.74, 6) is 1.15. The molecule has 0 radical (unpaired) electrons. The monoisotopic (exact) mass is 370 g/mol. The number of methoxy groups -OCH3 is 1. The third-order valence-corrected chi connectivity index (χ3v) is 4.68. The Morgan fingerprint density at radius 1 is 1.35 bits per heavy atom. The first-order valence-electron chi connectivity index (χ1n) is 8.25. The van der Waals surface area contributed by atoms with Crippen LogP contribution in [0.4, 0.5) is 0 Å². The maximum atomic E-state index is 12.3. The van der Waals surface area contributed by atoms with Crippen molar-refractivity contribution in [3.63, 3.8) is 0 Å². The lowest BCUT2D eigenvalue weighted by atomic mass is 10.0. The van der Waals surface area contributed by atoms with Crippen LogP contribution in [0, 0.1) is 17.2 Å². The van der Waals surface area contributed by atoms with Gasteiger partial charge in [-0.2, -0.15) is 5.26 Å². The summed E-state index contributed by atoms with van der Waals surface area (Å²) in [6, 6.07) is 11.2. The van der Waals surface area contributed by atoms with Gasteiger partial charge in [0.25, 0.3) is 0 Å². The predicted molar refractivity (Wildman–Crippen MR) is 103 cm³/mol. The zero-order valence-corrected chi connectivity index (χ0v) is 15.9. The minimum absolute atomic E-state index is 0.0107. The Kier molecular flexibility index (Phi) is 7.24. The fraction of sp³-hybridized carbons (Fsp3) is 0.300. The molecule has 0 aliphatic rings. The molecule has 1 heterocycles. The zero-order chi connectivity index (χ0) is 18.9. The SMILES string of the molecule is COc1cc(/C=C/C(=O)N[C@@H](c2cccs2)C(C)C)ccc1OCC#N. The van der Waals surface area contributed by atoms with E-state index in [9.17, 15) is 4.79 Å². The summed E-state index contributed by atoms with van der Waals surface area (Å²) in [7, 11) is 1.53. The van der Waals surface area contributed by atoms with Crippen LogP contribution >= 0.6 is 11.3 Å². The topological polar surface area (TPSA) is 71.3 Å². The summed E-state index contributed by atoms with van der Waals surface area (Å²) in [6.45, 7) is 4.12. The molecule has 1 N–H and O–H groups in total. The molecule has 0 unspecified atom stereocenters. The van der Waals surface area contributed by atoms with Gasteiger partial charge in [0.1, 0.15) is 6.07 Å². The number of benzene rings is 1. The van der Waals surface area contributed by atoms with Crippen molar-refractivity contribution in [2.45, 2.75) is 19.9 Å². The molecule has 0 spiro atoms. The predicted octanol–water partition coefficient (Wildman–Crippen LogP) is 4.19. The molecule has 5 nitrogen and oxygen atoms in total. The van der Waals surface area contributed by atoms with E-state index >= 15 is 0 Å². The highest BCUT2D eigenvalue weighted by Crippen LogP contribution is 2.29. The number of carbonyl (C=O) groups is 1. The maximum Gasteiger partial charge on any atom is 0.244 e. The molecule has 6 heteroatoms. The number of ether oxygens (including phenoxy) is 2. The number of carbonyl (C=O) groups excluding carboxylic acids is 1. The van der Waals surface area contributed by atoms with Gasteiger partial charge in [-0.1, -0.05) is 26.0 Å². The van der Waals surface area contributed by atoms with E-state index in [0.717, 1.165) is 10.4 Å². The minimum atomic E-state index is -0.152. The molecule has 136 valence electrons. The summed E-state index contributed by atoms with van der Waals surface area (Å²) in [4.78, 5) is 13.4. The van der Waals surface area contributed by atoms with Gasteiger partial charge in [0, 0.05) is 11.0 Å². The Morgan fingerprint density at radius 2 is 2.15 bits per heavy atom. The third-order valence-electron chi connectivity index (χ3n) is 3.72. The lowest BCUT2D eigenvalue weighted by Crippen LogP contribution is -2.29. The van der Waals surface area contributed by atoms with Crippen LogP contribution in [0.3, 0.4) is 0 Å². The fourth-order valence-electron chi connectivity index (χ4n) is 2.42. The molecule has 0 bridgehead atoms. The largest absolute Gasteiger partial charge is 0.493 e. The number of nitrogens with one attached hydrogen (secondary N) is 1. The molecule has 0 fully saturated rings. The molecule has 2 aromatic rings. The van der Waals surface area contributed by atoms with Gasteiger partial charge >= 0.3 is 0 Å². The average molecular weight is 370 g/mol. The third kappa shape index (κ3) is 5.36. The lowest BCUT2D eigenvalue weighted by Gasteiger charge is -2.20. The maximum absolute atomic E-state index is 12.3. The van der Waals surface area contributed by atoms with Crippen molar-refractivity contribution in [2.24, 2.45) is 5.92 Å². The summed E-state index contributed by atoms with van der Waals surface area (Å²) < 4.78 is 10.6. The number of hydrogen-bond donors (Lipinski definition) is 1. The second kappa shape index (κ2) is 9.64. The molecule has 1 aromatic heterocycles. The first-order chi connectivity index (χ1) is 12.5. The van der Waals surface area contributed by atoms with E-state index < -0.39 is 0 Å². The molecule has 1 aromatic carbocycles. The van der Waals surface area contributed by atoms with Crippen LogP contribution < -0.4 is 14.8 Å². The van der Waals surface area contributed by atoms with Gasteiger partial charge in [0.2, 0.25) is 5.91 Å². The molecular formula is C20H22N2O3S. The van der Waals surface area contributed by atoms with E-state index in [-0.39, 0.29) is 18.6 Å². The Morgan fingerprint density at radius 3 is 2.77 bits per heavy atom. The van der Waals surface area contributed by atoms with Crippen LogP contribution in [0.15, 0.2) is 41.8 Å². The van der Waals surface area contributed by atoms with Gasteiger partial charge in [0.15, 0.2) is 18.1 Å². The van der Waals surface area contributed by atoms with Crippen molar-refractivity contribution in [2.75, 3.05) is 13.7 Å². The smallest absolute Gasteiger partial charge is 0.244 e. The number of rotatable bonds is 8. The quantitative estimate of drug-likeness (QED) is 0.708. The van der Waals surface area contributed by atoms with Gasteiger partial charge in [-0.25, -0.2) is 0 Å². The van der Waals surface area contributed by atoms with Gasteiger partial charge in [0.05, 0.1) is 13.2 Å². The molecule has 1 atom stereocenters. The first kappa shape index (κ1) is 19.5. The van der Waals surface area contributed by atoms with Crippen LogP contribution in [0.1, 0.15) is 30.3 Å². The van der Waals surface area contributed by atoms with E-state index in [1.54, 1.807) is 35.6 Å². The van der Waals surface area contributed by atoms with Crippen LogP contribution in [-0.2, 0) is 4.79 Å². The molecule has 26 heavy (non-hydrogen) atoms. The Labute approximate surface area is 157 Å². The van der Waals surface area contributed by atoms with E-state index in [1.807, 2.05) is 23.6 Å². The van der Waals surface area contributed by atoms with Crippen molar-refractivity contribution < 1.29 is 14.3 Å². The number of amides is 1. The molecular weight excluding hydrogens is 348 g/mol. The molecule has 0 aliphatic carbocycles. The van der Waals surface area contributed by atoms with Crippen molar-refractivity contribution in [1.29, 1.82) is 5.26 Å². The molecule has 0 aliphatic heterocycles. The summed E-state index contributed by atoms with van der Waals surface area (Å²) in [5.41, 5.74) is 0.804. The second-order valence-electron chi connectivity index (χ2n) is 5.94. The summed E-state index contributed by atoms with van der Waals surface area (Å²) >= 11 is 1.64. The van der Waals surface area contributed by atoms with Crippen LogP contribution in [-0.4, -0.2) is 19.6 Å². The van der Waals surface area contributed by atoms with Crippen molar-refractivity contribution in [1.82, 2.24) is 5.32 Å². The fourth-order valence-corrected chi connectivity index (χ4v) is 3.37. The second-order valence-corrected chi connectivity index (χ2v) is 6.92. The zero-order valence-electron chi connectivity index (χ0n) is 15.1. The first-order valence-corrected chi connectivity index (χ1v) is 9.13. The Balaban J connectivity index is 2.06.